The number of halogens is 2. The van der Waals surface area contributed by atoms with Crippen LogP contribution in [0.2, 0.25) is 0 Å². The number of hydrogen-bond donors (Lipinski definition) is 2. The van der Waals surface area contributed by atoms with Gasteiger partial charge in [-0.25, -0.2) is 0 Å². The molecule has 0 fully saturated rings. The molecule has 21 heavy (non-hydrogen) atoms. The van der Waals surface area contributed by atoms with Gasteiger partial charge in [0, 0.05) is 6.54 Å². The molecule has 2 aromatic rings. The van der Waals surface area contributed by atoms with E-state index in [0.29, 0.717) is 5.56 Å². The topological polar surface area (TPSA) is 58.6 Å². The third-order valence-electron chi connectivity index (χ3n) is 2.78. The number of hydrogen-bond acceptors (Lipinski definition) is 4. The number of nitrogens with one attached hydrogen (secondary N) is 1. The van der Waals surface area contributed by atoms with E-state index in [4.69, 9.17) is 0 Å². The predicted octanol–water partition coefficient (Wildman–Crippen LogP) is 2.77. The summed E-state index contributed by atoms with van der Waals surface area (Å²) in [5.41, 5.74) is 1.47. The molecule has 1 heterocycles. The molecule has 0 saturated carbocycles. The first-order chi connectivity index (χ1) is 10.1. The van der Waals surface area contributed by atoms with E-state index >= 15 is 0 Å². The van der Waals surface area contributed by atoms with Crippen LogP contribution in [-0.4, -0.2) is 17.6 Å². The number of thiophene rings is 1. The van der Waals surface area contributed by atoms with Crippen LogP contribution in [-0.2, 0) is 13.2 Å². The highest BCUT2D eigenvalue weighted by Gasteiger charge is 2.17. The highest BCUT2D eigenvalue weighted by Crippen LogP contribution is 2.26. The molecular weight excluding hydrogens is 300 g/mol. The van der Waals surface area contributed by atoms with Crippen LogP contribution in [0.3, 0.4) is 0 Å². The number of aliphatic hydroxyl groups is 1. The van der Waals surface area contributed by atoms with Crippen molar-refractivity contribution in [2.24, 2.45) is 0 Å². The highest BCUT2D eigenvalue weighted by molar-refractivity contribution is 7.12. The Bertz CT molecular complexity index is 616. The van der Waals surface area contributed by atoms with Crippen LogP contribution in [0.4, 0.5) is 8.78 Å². The average molecular weight is 313 g/mol. The van der Waals surface area contributed by atoms with Crippen molar-refractivity contribution >= 4 is 17.2 Å². The molecule has 2 N–H and O–H groups in total. The second-order valence-corrected chi connectivity index (χ2v) is 5.02. The molecule has 7 heteroatoms. The minimum Gasteiger partial charge on any atom is -0.433 e. The molecule has 4 nitrogen and oxygen atoms in total. The molecule has 1 aromatic heterocycles. The lowest BCUT2D eigenvalue weighted by Gasteiger charge is -2.09. The molecule has 0 aliphatic carbocycles. The molecule has 0 spiro atoms. The van der Waals surface area contributed by atoms with Crippen molar-refractivity contribution in [3.05, 3.63) is 51.7 Å². The van der Waals surface area contributed by atoms with Crippen molar-refractivity contribution in [3.8, 4) is 5.75 Å². The standard InChI is InChI=1S/C14H13F2NO3S/c15-14(16)20-11-5-6-21-12(11)13(19)17-7-9-3-1-2-4-10(9)8-18/h1-6,14,18H,7-8H2,(H,17,19). The zero-order chi connectivity index (χ0) is 15.2. The Morgan fingerprint density at radius 1 is 1.29 bits per heavy atom. The number of carbonyl (C=O) groups is 1. The van der Waals surface area contributed by atoms with Gasteiger partial charge in [-0.2, -0.15) is 8.78 Å². The fourth-order valence-corrected chi connectivity index (χ4v) is 2.53. The minimum absolute atomic E-state index is 0.0942. The zero-order valence-corrected chi connectivity index (χ0v) is 11.7. The Hall–Kier alpha value is -1.99. The van der Waals surface area contributed by atoms with E-state index in [1.165, 1.54) is 11.4 Å². The summed E-state index contributed by atoms with van der Waals surface area (Å²) in [7, 11) is 0. The van der Waals surface area contributed by atoms with Gasteiger partial charge in [-0.15, -0.1) is 11.3 Å². The van der Waals surface area contributed by atoms with E-state index in [0.717, 1.165) is 16.9 Å². The Labute approximate surface area is 124 Å². The van der Waals surface area contributed by atoms with Crippen LogP contribution in [0.25, 0.3) is 0 Å². The van der Waals surface area contributed by atoms with Gasteiger partial charge in [-0.1, -0.05) is 24.3 Å². The molecule has 0 aliphatic rings. The number of ether oxygens (including phenoxy) is 1. The fourth-order valence-electron chi connectivity index (χ4n) is 1.79. The Balaban J connectivity index is 2.04. The number of carbonyl (C=O) groups excluding carboxylic acids is 1. The minimum atomic E-state index is -2.97. The lowest BCUT2D eigenvalue weighted by atomic mass is 10.1. The Morgan fingerprint density at radius 2 is 2.00 bits per heavy atom. The normalized spacial score (nSPS) is 10.7. The summed E-state index contributed by atoms with van der Waals surface area (Å²) in [6.07, 6.45) is 0. The Kier molecular flexibility index (Phi) is 5.24. The number of amides is 1. The average Bonchev–Trinajstić information content (AvgIpc) is 2.92. The number of benzene rings is 1. The van der Waals surface area contributed by atoms with Crippen molar-refractivity contribution in [2.75, 3.05) is 0 Å². The second kappa shape index (κ2) is 7.14. The van der Waals surface area contributed by atoms with Gasteiger partial charge in [0.25, 0.3) is 5.91 Å². The summed E-state index contributed by atoms with van der Waals surface area (Å²) in [5, 5.41) is 13.3. The van der Waals surface area contributed by atoms with Gasteiger partial charge in [-0.3, -0.25) is 4.79 Å². The fraction of sp³-hybridized carbons (Fsp3) is 0.214. The van der Waals surface area contributed by atoms with Crippen LogP contribution in [0.5, 0.6) is 5.75 Å². The van der Waals surface area contributed by atoms with E-state index < -0.39 is 12.5 Å². The SMILES string of the molecule is O=C(NCc1ccccc1CO)c1sccc1OC(F)F. The monoisotopic (exact) mass is 313 g/mol. The molecule has 0 saturated heterocycles. The lowest BCUT2D eigenvalue weighted by Crippen LogP contribution is -2.23. The zero-order valence-electron chi connectivity index (χ0n) is 10.9. The third kappa shape index (κ3) is 3.99. The number of alkyl halides is 2. The largest absolute Gasteiger partial charge is 0.433 e. The number of aliphatic hydroxyl groups excluding tert-OH is 1. The van der Waals surface area contributed by atoms with Gasteiger partial charge >= 0.3 is 6.61 Å². The summed E-state index contributed by atoms with van der Waals surface area (Å²) in [6.45, 7) is -2.91. The van der Waals surface area contributed by atoms with E-state index in [9.17, 15) is 18.7 Å². The molecule has 1 aromatic carbocycles. The summed E-state index contributed by atoms with van der Waals surface area (Å²) >= 11 is 1.02. The van der Waals surface area contributed by atoms with Gasteiger partial charge < -0.3 is 15.2 Å². The van der Waals surface area contributed by atoms with E-state index in [1.54, 1.807) is 24.3 Å². The van der Waals surface area contributed by atoms with Gasteiger partial charge in [0.2, 0.25) is 0 Å². The van der Waals surface area contributed by atoms with Gasteiger partial charge in [0.1, 0.15) is 10.6 Å². The molecular formula is C14H13F2NO3S. The van der Waals surface area contributed by atoms with Crippen molar-refractivity contribution < 1.29 is 23.4 Å². The van der Waals surface area contributed by atoms with Crippen LogP contribution >= 0.6 is 11.3 Å². The molecule has 0 bridgehead atoms. The first-order valence-electron chi connectivity index (χ1n) is 6.10. The van der Waals surface area contributed by atoms with Crippen LogP contribution < -0.4 is 10.1 Å². The molecule has 0 aliphatic heterocycles. The smallest absolute Gasteiger partial charge is 0.387 e. The van der Waals surface area contributed by atoms with E-state index in [2.05, 4.69) is 10.1 Å². The van der Waals surface area contributed by atoms with Gasteiger partial charge in [0.05, 0.1) is 6.61 Å². The highest BCUT2D eigenvalue weighted by atomic mass is 32.1. The first-order valence-corrected chi connectivity index (χ1v) is 6.98. The summed E-state index contributed by atoms with van der Waals surface area (Å²) in [6, 6.07) is 8.42. The van der Waals surface area contributed by atoms with Crippen molar-refractivity contribution in [1.29, 1.82) is 0 Å². The number of rotatable bonds is 6. The third-order valence-corrected chi connectivity index (χ3v) is 3.67. The molecule has 2 rings (SSSR count). The summed E-state index contributed by atoms with van der Waals surface area (Å²) in [4.78, 5) is 12.1. The maximum Gasteiger partial charge on any atom is 0.387 e. The Morgan fingerprint density at radius 3 is 2.67 bits per heavy atom. The predicted molar refractivity (Wildman–Crippen MR) is 74.5 cm³/mol. The maximum atomic E-state index is 12.2. The van der Waals surface area contributed by atoms with Gasteiger partial charge in [-0.05, 0) is 22.6 Å². The first kappa shape index (κ1) is 15.4. The molecule has 112 valence electrons. The van der Waals surface area contributed by atoms with Crippen LogP contribution in [0.1, 0.15) is 20.8 Å². The van der Waals surface area contributed by atoms with Crippen molar-refractivity contribution in [1.82, 2.24) is 5.32 Å². The summed E-state index contributed by atoms with van der Waals surface area (Å²) < 4.78 is 28.7. The molecule has 0 unspecified atom stereocenters. The van der Waals surface area contributed by atoms with Crippen molar-refractivity contribution in [2.45, 2.75) is 19.8 Å². The molecule has 1 amide bonds. The van der Waals surface area contributed by atoms with E-state index in [1.807, 2.05) is 0 Å². The van der Waals surface area contributed by atoms with Crippen molar-refractivity contribution in [3.63, 3.8) is 0 Å². The maximum absolute atomic E-state index is 12.2. The summed E-state index contributed by atoms with van der Waals surface area (Å²) in [5.74, 6) is -0.628. The molecule has 0 atom stereocenters. The molecule has 0 radical (unpaired) electrons. The van der Waals surface area contributed by atoms with E-state index in [-0.39, 0.29) is 23.8 Å². The quantitative estimate of drug-likeness (QED) is 0.862. The van der Waals surface area contributed by atoms with Crippen LogP contribution in [0.15, 0.2) is 35.7 Å². The van der Waals surface area contributed by atoms with Gasteiger partial charge in [0.15, 0.2) is 0 Å². The second-order valence-electron chi connectivity index (χ2n) is 4.10. The van der Waals surface area contributed by atoms with Crippen LogP contribution in [0, 0.1) is 0 Å². The lowest BCUT2D eigenvalue weighted by molar-refractivity contribution is -0.0498.